The highest BCUT2D eigenvalue weighted by Gasteiger charge is 2.49. The number of amides is 2. The maximum Gasteiger partial charge on any atom is 0.290 e. The maximum atomic E-state index is 16.2. The summed E-state index contributed by atoms with van der Waals surface area (Å²) in [5, 5.41) is 19.2. The summed E-state index contributed by atoms with van der Waals surface area (Å²) in [7, 11) is 0. The van der Waals surface area contributed by atoms with Crippen molar-refractivity contribution in [1.29, 1.82) is 0 Å². The molecule has 1 unspecified atom stereocenters. The number of carbonyl (C=O) groups is 2. The van der Waals surface area contributed by atoms with Crippen molar-refractivity contribution in [1.82, 2.24) is 20.6 Å². The quantitative estimate of drug-likeness (QED) is 0.110. The predicted octanol–water partition coefficient (Wildman–Crippen LogP) is 7.18. The first-order valence-corrected chi connectivity index (χ1v) is 15.7. The highest BCUT2D eigenvalue weighted by molar-refractivity contribution is 6.07. The van der Waals surface area contributed by atoms with Gasteiger partial charge in [0.2, 0.25) is 0 Å². The minimum Gasteiger partial charge on any atom is -0.507 e. The number of phenolic OH excluding ortho intramolecular Hbond substituents is 1. The van der Waals surface area contributed by atoms with Crippen LogP contribution >= 0.6 is 0 Å². The lowest BCUT2D eigenvalue weighted by Gasteiger charge is -2.24. The number of aromatic amines is 1. The molecular formula is C37H32F3N5O3. The summed E-state index contributed by atoms with van der Waals surface area (Å²) < 4.78 is 46.3. The SMILES string of the molecule is O=C(NCC(CC(F)(F)c1cc(-c2[nH]c3c(c2Nc2ccccc2)C(=O)NC2(CC2)C3)ccn1)c1ccc(F)cc1)c1ccccc1O. The molecule has 5 N–H and O–H groups in total. The standard InChI is InChI=1S/C37H32F3N5O3/c38-25-12-10-22(11-13-25)24(21-42-34(47)27-8-4-5-9-29(27)46)19-37(39,40)30-18-23(14-17-41-30)32-33(43-26-6-2-1-3-7-26)31-28(44-32)20-36(15-16-36)45-35(31)48/h1-14,17-18,24,43-44,46H,15-16,19-21H2,(H,42,47)(H,45,48). The van der Waals surface area contributed by atoms with Crippen LogP contribution < -0.4 is 16.0 Å². The van der Waals surface area contributed by atoms with E-state index in [4.69, 9.17) is 0 Å². The third-order valence-electron chi connectivity index (χ3n) is 9.02. The molecule has 2 amide bonds. The smallest absolute Gasteiger partial charge is 0.290 e. The number of carbonyl (C=O) groups excluding carboxylic acids is 2. The Bertz CT molecular complexity index is 1990. The summed E-state index contributed by atoms with van der Waals surface area (Å²) >= 11 is 0. The van der Waals surface area contributed by atoms with Gasteiger partial charge in [0, 0.05) is 54.0 Å². The van der Waals surface area contributed by atoms with Gasteiger partial charge in [0.05, 0.1) is 22.5 Å². The molecule has 3 aromatic carbocycles. The van der Waals surface area contributed by atoms with E-state index in [1.807, 2.05) is 30.3 Å². The second-order valence-electron chi connectivity index (χ2n) is 12.4. The van der Waals surface area contributed by atoms with Crippen LogP contribution in [0.3, 0.4) is 0 Å². The Hall–Kier alpha value is -5.58. The Morgan fingerprint density at radius 3 is 2.46 bits per heavy atom. The van der Waals surface area contributed by atoms with E-state index < -0.39 is 35.7 Å². The van der Waals surface area contributed by atoms with Crippen LogP contribution in [0.25, 0.3) is 11.3 Å². The molecule has 0 bridgehead atoms. The molecule has 48 heavy (non-hydrogen) atoms. The number of aromatic nitrogens is 2. The lowest BCUT2D eigenvalue weighted by Crippen LogP contribution is -2.43. The number of phenols is 1. The van der Waals surface area contributed by atoms with E-state index in [0.29, 0.717) is 34.5 Å². The van der Waals surface area contributed by atoms with E-state index in [1.54, 1.807) is 18.2 Å². The molecule has 1 fully saturated rings. The molecule has 3 heterocycles. The number of alkyl halides is 2. The fourth-order valence-electron chi connectivity index (χ4n) is 6.30. The van der Waals surface area contributed by atoms with Crippen LogP contribution in [0, 0.1) is 5.82 Å². The number of fused-ring (bicyclic) bond motifs is 1. The van der Waals surface area contributed by atoms with E-state index in [9.17, 15) is 19.1 Å². The predicted molar refractivity (Wildman–Crippen MR) is 175 cm³/mol. The van der Waals surface area contributed by atoms with Crippen molar-refractivity contribution >= 4 is 23.2 Å². The van der Waals surface area contributed by atoms with Crippen molar-refractivity contribution in [3.8, 4) is 17.0 Å². The van der Waals surface area contributed by atoms with E-state index >= 15 is 8.78 Å². The van der Waals surface area contributed by atoms with Crippen LogP contribution in [0.4, 0.5) is 24.5 Å². The molecule has 8 nitrogen and oxygen atoms in total. The minimum atomic E-state index is -3.48. The van der Waals surface area contributed by atoms with Gasteiger partial charge in [-0.15, -0.1) is 0 Å². The number of para-hydroxylation sites is 2. The summed E-state index contributed by atoms with van der Waals surface area (Å²) in [5.74, 6) is -6.03. The molecule has 11 heteroatoms. The average Bonchev–Trinajstić information content (AvgIpc) is 3.72. The Kier molecular flexibility index (Phi) is 7.90. The van der Waals surface area contributed by atoms with Crippen LogP contribution in [0.15, 0.2) is 97.2 Å². The fraction of sp³-hybridized carbons (Fsp3) is 0.216. The number of benzene rings is 3. The van der Waals surface area contributed by atoms with E-state index in [1.165, 1.54) is 48.7 Å². The number of aromatic hydroxyl groups is 1. The molecule has 5 aromatic rings. The van der Waals surface area contributed by atoms with Gasteiger partial charge < -0.3 is 26.0 Å². The number of H-pyrrole nitrogens is 1. The Labute approximate surface area is 274 Å². The molecule has 1 aliphatic carbocycles. The van der Waals surface area contributed by atoms with Gasteiger partial charge in [-0.3, -0.25) is 14.6 Å². The van der Waals surface area contributed by atoms with Gasteiger partial charge in [0.1, 0.15) is 17.3 Å². The molecule has 0 radical (unpaired) electrons. The summed E-state index contributed by atoms with van der Waals surface area (Å²) in [5.41, 5.74) is 2.95. The molecule has 1 aliphatic heterocycles. The molecule has 1 atom stereocenters. The van der Waals surface area contributed by atoms with Crippen LogP contribution in [-0.2, 0) is 12.3 Å². The molecule has 2 aromatic heterocycles. The number of nitrogens with one attached hydrogen (secondary N) is 4. The Morgan fingerprint density at radius 1 is 1.00 bits per heavy atom. The highest BCUT2D eigenvalue weighted by Crippen LogP contribution is 2.46. The summed E-state index contributed by atoms with van der Waals surface area (Å²) in [6, 6.07) is 23.3. The summed E-state index contributed by atoms with van der Waals surface area (Å²) in [6.45, 7) is -0.209. The zero-order chi connectivity index (χ0) is 33.5. The van der Waals surface area contributed by atoms with Crippen LogP contribution in [0.1, 0.15) is 62.8 Å². The first-order chi connectivity index (χ1) is 23.1. The fourth-order valence-corrected chi connectivity index (χ4v) is 6.30. The number of hydrogen-bond donors (Lipinski definition) is 5. The first kappa shape index (κ1) is 31.0. The van der Waals surface area contributed by atoms with Crippen LogP contribution in [-0.4, -0.2) is 39.0 Å². The van der Waals surface area contributed by atoms with Crippen molar-refractivity contribution in [3.05, 3.63) is 131 Å². The topological polar surface area (TPSA) is 119 Å². The second kappa shape index (κ2) is 12.2. The number of anilines is 2. The zero-order valence-electron chi connectivity index (χ0n) is 25.7. The molecule has 2 aliphatic rings. The minimum absolute atomic E-state index is 0.00586. The van der Waals surface area contributed by atoms with Crippen molar-refractivity contribution in [2.24, 2.45) is 0 Å². The van der Waals surface area contributed by atoms with E-state index in [-0.39, 0.29) is 29.3 Å². The summed E-state index contributed by atoms with van der Waals surface area (Å²) in [6.07, 6.45) is 2.92. The van der Waals surface area contributed by atoms with Crippen LogP contribution in [0.5, 0.6) is 5.75 Å². The number of halogens is 3. The van der Waals surface area contributed by atoms with Gasteiger partial charge in [-0.1, -0.05) is 42.5 Å². The van der Waals surface area contributed by atoms with Gasteiger partial charge in [0.25, 0.3) is 17.7 Å². The molecule has 0 saturated heterocycles. The van der Waals surface area contributed by atoms with Gasteiger partial charge >= 0.3 is 0 Å². The van der Waals surface area contributed by atoms with Crippen LogP contribution in [0.2, 0.25) is 0 Å². The van der Waals surface area contributed by atoms with Crippen molar-refractivity contribution < 1.29 is 27.9 Å². The van der Waals surface area contributed by atoms with Crippen molar-refractivity contribution in [2.45, 2.75) is 43.1 Å². The third-order valence-corrected chi connectivity index (χ3v) is 9.02. The van der Waals surface area contributed by atoms with Gasteiger partial charge in [-0.25, -0.2) is 4.39 Å². The van der Waals surface area contributed by atoms with Crippen molar-refractivity contribution in [3.63, 3.8) is 0 Å². The van der Waals surface area contributed by atoms with Gasteiger partial charge in [0.15, 0.2) is 0 Å². The molecular weight excluding hydrogens is 619 g/mol. The van der Waals surface area contributed by atoms with Gasteiger partial charge in [-0.05, 0) is 66.9 Å². The molecule has 244 valence electrons. The largest absolute Gasteiger partial charge is 0.507 e. The highest BCUT2D eigenvalue weighted by atomic mass is 19.3. The number of pyridine rings is 1. The zero-order valence-corrected chi connectivity index (χ0v) is 25.7. The van der Waals surface area contributed by atoms with Crippen molar-refractivity contribution in [2.75, 3.05) is 11.9 Å². The maximum absolute atomic E-state index is 16.2. The lowest BCUT2D eigenvalue weighted by molar-refractivity contribution is -0.0245. The van der Waals surface area contributed by atoms with E-state index in [2.05, 4.69) is 25.9 Å². The second-order valence-corrected chi connectivity index (χ2v) is 12.4. The molecule has 1 spiro atoms. The average molecular weight is 652 g/mol. The number of nitrogens with zero attached hydrogens (tertiary/aromatic N) is 1. The number of rotatable bonds is 10. The van der Waals surface area contributed by atoms with E-state index in [0.717, 1.165) is 24.2 Å². The molecule has 7 rings (SSSR count). The molecule has 1 saturated carbocycles. The Balaban J connectivity index is 1.20. The monoisotopic (exact) mass is 651 g/mol. The van der Waals surface area contributed by atoms with Gasteiger partial charge in [-0.2, -0.15) is 8.78 Å². The number of hydrogen-bond acceptors (Lipinski definition) is 5. The summed E-state index contributed by atoms with van der Waals surface area (Å²) in [4.78, 5) is 33.6. The Morgan fingerprint density at radius 2 is 1.73 bits per heavy atom. The first-order valence-electron chi connectivity index (χ1n) is 15.7. The normalized spacial score (nSPS) is 15.4. The lowest BCUT2D eigenvalue weighted by atomic mass is 9.90. The third kappa shape index (κ3) is 6.23.